The average Bonchev–Trinajstić information content (AvgIpc) is 2.14. The van der Waals surface area contributed by atoms with Gasteiger partial charge >= 0.3 is 17.1 Å². The van der Waals surface area contributed by atoms with Crippen molar-refractivity contribution in [2.45, 2.75) is 0 Å². The largest absolute Gasteiger partial charge is 0.540 e. The summed E-state index contributed by atoms with van der Waals surface area (Å²) in [6.07, 6.45) is 0. The molecule has 0 aliphatic carbocycles. The molecule has 1 radical (unpaired) electrons. The molecule has 0 atom stereocenters. The third-order valence-corrected chi connectivity index (χ3v) is 8.84. The van der Waals surface area contributed by atoms with E-state index in [1.807, 2.05) is 0 Å². The van der Waals surface area contributed by atoms with Crippen molar-refractivity contribution in [2.75, 3.05) is 35.5 Å². The molecule has 0 aromatic carbocycles. The van der Waals surface area contributed by atoms with Crippen molar-refractivity contribution >= 4 is 17.1 Å². The van der Waals surface area contributed by atoms with Gasteiger partial charge in [-0.2, -0.15) is 0 Å². The van der Waals surface area contributed by atoms with Crippen LogP contribution in [0, 0.1) is 0 Å². The van der Waals surface area contributed by atoms with E-state index >= 15 is 0 Å². The van der Waals surface area contributed by atoms with Crippen LogP contribution in [0.25, 0.3) is 0 Å². The highest BCUT2D eigenvalue weighted by atomic mass is 29.3. The molecule has 0 aliphatic rings. The molecule has 0 N–H and O–H groups in total. The molecule has 0 unspecified atom stereocenters. The highest BCUT2D eigenvalue weighted by Crippen LogP contribution is 2.11. The van der Waals surface area contributed by atoms with E-state index in [0.717, 1.165) is 0 Å². The van der Waals surface area contributed by atoms with Crippen molar-refractivity contribution in [1.82, 2.24) is 0 Å². The first kappa shape index (κ1) is 12.2. The molecule has 0 aromatic rings. The van der Waals surface area contributed by atoms with Crippen LogP contribution < -0.4 is 0 Å². The Hall–Kier alpha value is 0.234. The van der Waals surface area contributed by atoms with Crippen LogP contribution in [0.5, 0.6) is 0 Å². The number of hydrogen-bond donors (Lipinski definition) is 0. The van der Waals surface area contributed by atoms with Crippen LogP contribution in [-0.4, -0.2) is 52.7 Å². The van der Waals surface area contributed by atoms with Gasteiger partial charge in [0, 0.05) is 35.5 Å². The van der Waals surface area contributed by atoms with Gasteiger partial charge in [-0.1, -0.05) is 0 Å². The topological polar surface area (TPSA) is 46.2 Å². The molecule has 0 aliphatic heterocycles. The molecule has 73 valence electrons. The SMILES string of the molecule is CO[Si](OC)[Si](OC)(OC)OC. The third-order valence-electron chi connectivity index (χ3n) is 1.43. The van der Waals surface area contributed by atoms with Crippen molar-refractivity contribution in [3.63, 3.8) is 0 Å². The molecule has 0 bridgehead atoms. The lowest BCUT2D eigenvalue weighted by Gasteiger charge is -2.27. The monoisotopic (exact) mass is 211 g/mol. The molecule has 0 heterocycles. The third kappa shape index (κ3) is 2.36. The Morgan fingerprint density at radius 2 is 1.08 bits per heavy atom. The molecule has 7 heteroatoms. The summed E-state index contributed by atoms with van der Waals surface area (Å²) in [5.41, 5.74) is 0. The molecule has 0 amide bonds. The van der Waals surface area contributed by atoms with E-state index in [-0.39, 0.29) is 0 Å². The van der Waals surface area contributed by atoms with Gasteiger partial charge in [0.05, 0.1) is 0 Å². The van der Waals surface area contributed by atoms with Crippen molar-refractivity contribution in [2.24, 2.45) is 0 Å². The normalized spacial score (nSPS) is 12.5. The fourth-order valence-electron chi connectivity index (χ4n) is 0.833. The minimum absolute atomic E-state index is 1.53. The second-order valence-corrected chi connectivity index (χ2v) is 8.65. The van der Waals surface area contributed by atoms with Gasteiger partial charge in [0.1, 0.15) is 0 Å². The Bertz CT molecular complexity index is 106. The second-order valence-electron chi connectivity index (χ2n) is 1.86. The average molecular weight is 211 g/mol. The highest BCUT2D eigenvalue weighted by molar-refractivity contribution is 7.18. The molecular formula is C5H15O5Si2. The summed E-state index contributed by atoms with van der Waals surface area (Å²) in [6, 6.07) is 0. The summed E-state index contributed by atoms with van der Waals surface area (Å²) in [5, 5.41) is 0. The van der Waals surface area contributed by atoms with Crippen molar-refractivity contribution in [3.05, 3.63) is 0 Å². The lowest BCUT2D eigenvalue weighted by Crippen LogP contribution is -2.59. The molecule has 0 saturated heterocycles. The van der Waals surface area contributed by atoms with Crippen LogP contribution in [0.2, 0.25) is 0 Å². The zero-order valence-corrected chi connectivity index (χ0v) is 10.0. The summed E-state index contributed by atoms with van der Waals surface area (Å²) in [5.74, 6) is 0. The van der Waals surface area contributed by atoms with Crippen molar-refractivity contribution in [1.29, 1.82) is 0 Å². The molecule has 5 nitrogen and oxygen atoms in total. The van der Waals surface area contributed by atoms with Gasteiger partial charge in [0.15, 0.2) is 0 Å². The standard InChI is InChI=1S/C5H15O5Si2/c1-6-11(7-2)12(8-3,9-4)10-5/h1-5H3. The molecule has 12 heavy (non-hydrogen) atoms. The van der Waals surface area contributed by atoms with Crippen LogP contribution in [0.1, 0.15) is 0 Å². The Balaban J connectivity index is 4.42. The Labute approximate surface area is 75.5 Å². The van der Waals surface area contributed by atoms with Crippen LogP contribution in [0.4, 0.5) is 0 Å². The first-order chi connectivity index (χ1) is 5.70. The van der Waals surface area contributed by atoms with E-state index in [0.29, 0.717) is 0 Å². The maximum atomic E-state index is 5.17. The Morgan fingerprint density at radius 3 is 1.17 bits per heavy atom. The maximum absolute atomic E-state index is 5.17. The molecule has 0 spiro atoms. The van der Waals surface area contributed by atoms with Crippen LogP contribution in [0.3, 0.4) is 0 Å². The molecule has 0 fully saturated rings. The smallest absolute Gasteiger partial charge is 0.394 e. The summed E-state index contributed by atoms with van der Waals surface area (Å²) in [6.45, 7) is 0. The fourth-order valence-corrected chi connectivity index (χ4v) is 5.50. The zero-order valence-electron chi connectivity index (χ0n) is 8.04. The Morgan fingerprint density at radius 1 is 0.750 bits per heavy atom. The molecule has 0 aromatic heterocycles. The van der Waals surface area contributed by atoms with Crippen molar-refractivity contribution in [3.8, 4) is 0 Å². The highest BCUT2D eigenvalue weighted by Gasteiger charge is 2.53. The Kier molecular flexibility index (Phi) is 5.92. The predicted molar refractivity (Wildman–Crippen MR) is 46.6 cm³/mol. The first-order valence-electron chi connectivity index (χ1n) is 3.31. The summed E-state index contributed by atoms with van der Waals surface area (Å²) < 4.78 is 25.7. The van der Waals surface area contributed by atoms with E-state index in [1.165, 1.54) is 21.3 Å². The van der Waals surface area contributed by atoms with E-state index in [2.05, 4.69) is 0 Å². The minimum Gasteiger partial charge on any atom is -0.394 e. The summed E-state index contributed by atoms with van der Waals surface area (Å²) >= 11 is 0. The summed E-state index contributed by atoms with van der Waals surface area (Å²) in [4.78, 5) is 0. The molecule has 0 saturated carbocycles. The minimum atomic E-state index is -2.69. The van der Waals surface area contributed by atoms with E-state index < -0.39 is 17.1 Å². The zero-order chi connectivity index (χ0) is 9.61. The van der Waals surface area contributed by atoms with E-state index in [4.69, 9.17) is 22.1 Å². The number of rotatable bonds is 6. The number of hydrogen-bond acceptors (Lipinski definition) is 5. The summed E-state index contributed by atoms with van der Waals surface area (Å²) in [7, 11) is 3.40. The lowest BCUT2D eigenvalue weighted by molar-refractivity contribution is 0.125. The second kappa shape index (κ2) is 5.81. The lowest BCUT2D eigenvalue weighted by atomic mass is 11.8. The van der Waals surface area contributed by atoms with Gasteiger partial charge in [-0.25, -0.2) is 0 Å². The van der Waals surface area contributed by atoms with Crippen LogP contribution in [-0.2, 0) is 22.1 Å². The van der Waals surface area contributed by atoms with Gasteiger partial charge in [-0.05, 0) is 0 Å². The van der Waals surface area contributed by atoms with E-state index in [9.17, 15) is 0 Å². The van der Waals surface area contributed by atoms with Gasteiger partial charge in [0.2, 0.25) is 0 Å². The fraction of sp³-hybridized carbons (Fsp3) is 1.00. The van der Waals surface area contributed by atoms with Crippen LogP contribution >= 0.6 is 0 Å². The van der Waals surface area contributed by atoms with Gasteiger partial charge < -0.3 is 22.1 Å². The quantitative estimate of drug-likeness (QED) is 0.566. The van der Waals surface area contributed by atoms with Gasteiger partial charge in [-0.3, -0.25) is 0 Å². The van der Waals surface area contributed by atoms with Gasteiger partial charge in [0.25, 0.3) is 0 Å². The van der Waals surface area contributed by atoms with Gasteiger partial charge in [-0.15, -0.1) is 0 Å². The first-order valence-corrected chi connectivity index (χ1v) is 7.35. The maximum Gasteiger partial charge on any atom is 0.540 e. The predicted octanol–water partition coefficient (Wildman–Crippen LogP) is -0.276. The van der Waals surface area contributed by atoms with Crippen LogP contribution in [0.15, 0.2) is 0 Å². The van der Waals surface area contributed by atoms with Crippen molar-refractivity contribution < 1.29 is 22.1 Å². The molecular weight excluding hydrogens is 196 g/mol. The van der Waals surface area contributed by atoms with E-state index in [1.54, 1.807) is 14.2 Å². The molecule has 0 rings (SSSR count).